The van der Waals surface area contributed by atoms with Crippen LogP contribution in [0, 0.1) is 0 Å². The number of nitrogen functional groups attached to an aromatic ring is 2. The molecule has 0 saturated carbocycles. The lowest BCUT2D eigenvalue weighted by molar-refractivity contribution is 0.220. The SMILES string of the molecule is CCN(CC)CCOc1ccccc1Sc1ccc(N)c(N)c1. The number of likely N-dealkylation sites (N-methyl/N-ethyl adjacent to an activating group) is 1. The van der Waals surface area contributed by atoms with Gasteiger partial charge in [-0.05, 0) is 43.4 Å². The summed E-state index contributed by atoms with van der Waals surface area (Å²) < 4.78 is 5.98. The van der Waals surface area contributed by atoms with E-state index in [0.717, 1.165) is 35.2 Å². The molecule has 5 heteroatoms. The van der Waals surface area contributed by atoms with Gasteiger partial charge in [0, 0.05) is 11.4 Å². The fourth-order valence-corrected chi connectivity index (χ4v) is 3.17. The van der Waals surface area contributed by atoms with Gasteiger partial charge < -0.3 is 21.1 Å². The van der Waals surface area contributed by atoms with E-state index >= 15 is 0 Å². The third-order valence-electron chi connectivity index (χ3n) is 3.69. The minimum atomic E-state index is 0.606. The Morgan fingerprint density at radius 2 is 1.74 bits per heavy atom. The van der Waals surface area contributed by atoms with Crippen LogP contribution in [0.3, 0.4) is 0 Å². The Morgan fingerprint density at radius 3 is 2.43 bits per heavy atom. The molecule has 0 atom stereocenters. The molecule has 4 nitrogen and oxygen atoms in total. The second kappa shape index (κ2) is 8.70. The van der Waals surface area contributed by atoms with E-state index in [1.165, 1.54) is 0 Å². The average Bonchev–Trinajstić information content (AvgIpc) is 2.56. The second-order valence-corrected chi connectivity index (χ2v) is 6.33. The maximum absolute atomic E-state index is 5.98. The highest BCUT2D eigenvalue weighted by molar-refractivity contribution is 7.99. The third-order valence-corrected chi connectivity index (χ3v) is 4.74. The Kier molecular flexibility index (Phi) is 6.62. The van der Waals surface area contributed by atoms with Crippen LogP contribution in [-0.4, -0.2) is 31.1 Å². The zero-order valence-electron chi connectivity index (χ0n) is 13.8. The Morgan fingerprint density at radius 1 is 1.00 bits per heavy atom. The van der Waals surface area contributed by atoms with Gasteiger partial charge in [0.2, 0.25) is 0 Å². The Balaban J connectivity index is 2.03. The molecule has 0 amide bonds. The highest BCUT2D eigenvalue weighted by Gasteiger charge is 2.07. The standard InChI is InChI=1S/C18H25N3OS/c1-3-21(4-2)11-12-22-17-7-5-6-8-18(17)23-14-9-10-15(19)16(20)13-14/h5-10,13H,3-4,11-12,19-20H2,1-2H3. The molecule has 0 aliphatic carbocycles. The van der Waals surface area contributed by atoms with Gasteiger partial charge in [0.25, 0.3) is 0 Å². The van der Waals surface area contributed by atoms with Crippen LogP contribution in [0.5, 0.6) is 5.75 Å². The van der Waals surface area contributed by atoms with E-state index in [-0.39, 0.29) is 0 Å². The zero-order valence-corrected chi connectivity index (χ0v) is 14.6. The van der Waals surface area contributed by atoms with Crippen molar-refractivity contribution in [2.45, 2.75) is 23.6 Å². The van der Waals surface area contributed by atoms with E-state index in [2.05, 4.69) is 24.8 Å². The predicted molar refractivity (Wildman–Crippen MR) is 99.1 cm³/mol. The lowest BCUT2D eigenvalue weighted by Crippen LogP contribution is -2.27. The summed E-state index contributed by atoms with van der Waals surface area (Å²) in [6, 6.07) is 13.8. The number of anilines is 2. The van der Waals surface area contributed by atoms with Crippen molar-refractivity contribution in [2.75, 3.05) is 37.7 Å². The zero-order chi connectivity index (χ0) is 16.7. The van der Waals surface area contributed by atoms with E-state index in [4.69, 9.17) is 16.2 Å². The molecular weight excluding hydrogens is 306 g/mol. The van der Waals surface area contributed by atoms with Crippen molar-refractivity contribution >= 4 is 23.1 Å². The highest BCUT2D eigenvalue weighted by atomic mass is 32.2. The molecule has 0 saturated heterocycles. The normalized spacial score (nSPS) is 10.9. The van der Waals surface area contributed by atoms with Crippen LogP contribution >= 0.6 is 11.8 Å². The minimum Gasteiger partial charge on any atom is -0.491 e. The number of hydrogen-bond acceptors (Lipinski definition) is 5. The maximum atomic E-state index is 5.98. The molecule has 0 bridgehead atoms. The van der Waals surface area contributed by atoms with Crippen molar-refractivity contribution in [3.05, 3.63) is 42.5 Å². The molecule has 4 N–H and O–H groups in total. The molecule has 2 aromatic carbocycles. The molecule has 0 aliphatic rings. The van der Waals surface area contributed by atoms with Crippen molar-refractivity contribution in [3.63, 3.8) is 0 Å². The highest BCUT2D eigenvalue weighted by Crippen LogP contribution is 2.36. The molecule has 0 fully saturated rings. The Labute approximate surface area is 142 Å². The van der Waals surface area contributed by atoms with Crippen molar-refractivity contribution in [1.82, 2.24) is 4.90 Å². The number of nitrogens with zero attached hydrogens (tertiary/aromatic N) is 1. The first-order chi connectivity index (χ1) is 11.1. The molecule has 2 rings (SSSR count). The summed E-state index contributed by atoms with van der Waals surface area (Å²) >= 11 is 1.63. The van der Waals surface area contributed by atoms with Crippen molar-refractivity contribution in [1.29, 1.82) is 0 Å². The molecule has 0 aliphatic heterocycles. The molecule has 0 unspecified atom stereocenters. The summed E-state index contributed by atoms with van der Waals surface area (Å²) in [6.07, 6.45) is 0. The van der Waals surface area contributed by atoms with Crippen LogP contribution in [0.1, 0.15) is 13.8 Å². The van der Waals surface area contributed by atoms with E-state index in [1.54, 1.807) is 11.8 Å². The van der Waals surface area contributed by atoms with Gasteiger partial charge in [0.1, 0.15) is 12.4 Å². The monoisotopic (exact) mass is 331 g/mol. The number of nitrogens with two attached hydrogens (primary N) is 2. The second-order valence-electron chi connectivity index (χ2n) is 5.21. The number of para-hydroxylation sites is 1. The first kappa shape index (κ1) is 17.5. The van der Waals surface area contributed by atoms with Crippen LogP contribution in [0.15, 0.2) is 52.3 Å². The molecule has 0 heterocycles. The van der Waals surface area contributed by atoms with Crippen LogP contribution in [-0.2, 0) is 0 Å². The molecule has 0 spiro atoms. The van der Waals surface area contributed by atoms with Crippen molar-refractivity contribution < 1.29 is 4.74 Å². The van der Waals surface area contributed by atoms with Gasteiger partial charge in [-0.15, -0.1) is 0 Å². The lowest BCUT2D eigenvalue weighted by Gasteiger charge is -2.18. The number of hydrogen-bond donors (Lipinski definition) is 2. The molecule has 0 aromatic heterocycles. The average molecular weight is 331 g/mol. The van der Waals surface area contributed by atoms with Gasteiger partial charge in [-0.2, -0.15) is 0 Å². The van der Waals surface area contributed by atoms with Crippen LogP contribution < -0.4 is 16.2 Å². The number of benzene rings is 2. The summed E-state index contributed by atoms with van der Waals surface area (Å²) in [6.45, 7) is 8.03. The number of rotatable bonds is 8. The molecule has 2 aromatic rings. The maximum Gasteiger partial charge on any atom is 0.133 e. The van der Waals surface area contributed by atoms with Gasteiger partial charge in [-0.25, -0.2) is 0 Å². The van der Waals surface area contributed by atoms with Gasteiger partial charge >= 0.3 is 0 Å². The Hall–Kier alpha value is -1.85. The van der Waals surface area contributed by atoms with Crippen LogP contribution in [0.25, 0.3) is 0 Å². The topological polar surface area (TPSA) is 64.5 Å². The smallest absolute Gasteiger partial charge is 0.133 e. The third kappa shape index (κ3) is 5.08. The van der Waals surface area contributed by atoms with E-state index in [9.17, 15) is 0 Å². The van der Waals surface area contributed by atoms with Gasteiger partial charge in [0.05, 0.1) is 16.3 Å². The number of ether oxygens (including phenoxy) is 1. The first-order valence-electron chi connectivity index (χ1n) is 7.91. The predicted octanol–water partition coefficient (Wildman–Crippen LogP) is 3.72. The van der Waals surface area contributed by atoms with Crippen molar-refractivity contribution in [2.24, 2.45) is 0 Å². The quantitative estimate of drug-likeness (QED) is 0.722. The fraction of sp³-hybridized carbons (Fsp3) is 0.333. The summed E-state index contributed by atoms with van der Waals surface area (Å²) in [4.78, 5) is 4.48. The Bertz CT molecular complexity index is 629. The summed E-state index contributed by atoms with van der Waals surface area (Å²) in [5.74, 6) is 0.903. The van der Waals surface area contributed by atoms with Gasteiger partial charge in [-0.3, -0.25) is 0 Å². The fourth-order valence-electron chi connectivity index (χ4n) is 2.22. The first-order valence-corrected chi connectivity index (χ1v) is 8.72. The summed E-state index contributed by atoms with van der Waals surface area (Å²) in [5.41, 5.74) is 12.9. The minimum absolute atomic E-state index is 0.606. The molecular formula is C18H25N3OS. The summed E-state index contributed by atoms with van der Waals surface area (Å²) in [5, 5.41) is 0. The van der Waals surface area contributed by atoms with Crippen LogP contribution in [0.2, 0.25) is 0 Å². The lowest BCUT2D eigenvalue weighted by atomic mass is 10.3. The molecule has 124 valence electrons. The van der Waals surface area contributed by atoms with Crippen molar-refractivity contribution in [3.8, 4) is 5.75 Å². The largest absolute Gasteiger partial charge is 0.491 e. The van der Waals surface area contributed by atoms with Gasteiger partial charge in [0.15, 0.2) is 0 Å². The molecule has 0 radical (unpaired) electrons. The molecule has 23 heavy (non-hydrogen) atoms. The van der Waals surface area contributed by atoms with Crippen LogP contribution in [0.4, 0.5) is 11.4 Å². The van der Waals surface area contributed by atoms with E-state index in [1.807, 2.05) is 36.4 Å². The van der Waals surface area contributed by atoms with E-state index < -0.39 is 0 Å². The summed E-state index contributed by atoms with van der Waals surface area (Å²) in [7, 11) is 0. The van der Waals surface area contributed by atoms with Gasteiger partial charge in [-0.1, -0.05) is 37.7 Å². The van der Waals surface area contributed by atoms with E-state index in [0.29, 0.717) is 18.0 Å².